The molecule has 0 radical (unpaired) electrons. The standard InChI is InChI=1S/C8H9IO2S/c1-11-8(10)7-6(2-4-9)3-5-12-7/h3,5H,2,4H2,1H3. The molecular weight excluding hydrogens is 287 g/mol. The van der Waals surface area contributed by atoms with E-state index in [2.05, 4.69) is 27.3 Å². The number of rotatable bonds is 3. The van der Waals surface area contributed by atoms with Crippen LogP contribution in [0.4, 0.5) is 0 Å². The van der Waals surface area contributed by atoms with Crippen LogP contribution in [0.5, 0.6) is 0 Å². The van der Waals surface area contributed by atoms with Crippen LogP contribution in [0.2, 0.25) is 0 Å². The van der Waals surface area contributed by atoms with E-state index in [-0.39, 0.29) is 5.97 Å². The number of halogens is 1. The van der Waals surface area contributed by atoms with E-state index in [4.69, 9.17) is 0 Å². The third-order valence-corrected chi connectivity index (χ3v) is 2.96. The minimum Gasteiger partial charge on any atom is -0.465 e. The van der Waals surface area contributed by atoms with Crippen LogP contribution < -0.4 is 0 Å². The van der Waals surface area contributed by atoms with Crippen LogP contribution >= 0.6 is 33.9 Å². The minimum absolute atomic E-state index is 0.218. The van der Waals surface area contributed by atoms with Gasteiger partial charge in [0.25, 0.3) is 0 Å². The van der Waals surface area contributed by atoms with Crippen molar-refractivity contribution in [3.05, 3.63) is 21.9 Å². The van der Waals surface area contributed by atoms with E-state index in [1.54, 1.807) is 0 Å². The molecule has 0 N–H and O–H groups in total. The highest BCUT2D eigenvalue weighted by molar-refractivity contribution is 14.1. The van der Waals surface area contributed by atoms with Crippen LogP contribution in [0.25, 0.3) is 0 Å². The zero-order valence-corrected chi connectivity index (χ0v) is 9.65. The third kappa shape index (κ3) is 2.20. The van der Waals surface area contributed by atoms with Crippen molar-refractivity contribution in [1.29, 1.82) is 0 Å². The first kappa shape index (κ1) is 9.98. The molecule has 0 aliphatic rings. The predicted octanol–water partition coefficient (Wildman–Crippen LogP) is 2.51. The van der Waals surface area contributed by atoms with Gasteiger partial charge in [0.05, 0.1) is 7.11 Å². The van der Waals surface area contributed by atoms with Crippen LogP contribution in [0, 0.1) is 0 Å². The van der Waals surface area contributed by atoms with Gasteiger partial charge in [-0.15, -0.1) is 11.3 Å². The van der Waals surface area contributed by atoms with E-state index in [1.165, 1.54) is 18.4 Å². The SMILES string of the molecule is COC(=O)c1sccc1CCI. The number of hydrogen-bond donors (Lipinski definition) is 0. The second kappa shape index (κ2) is 4.81. The van der Waals surface area contributed by atoms with Crippen LogP contribution in [-0.4, -0.2) is 17.5 Å². The van der Waals surface area contributed by atoms with Crippen LogP contribution in [0.1, 0.15) is 15.2 Å². The monoisotopic (exact) mass is 296 g/mol. The van der Waals surface area contributed by atoms with E-state index in [0.29, 0.717) is 0 Å². The van der Waals surface area contributed by atoms with Gasteiger partial charge in [0, 0.05) is 4.43 Å². The van der Waals surface area contributed by atoms with E-state index in [0.717, 1.165) is 21.3 Å². The second-order valence-electron chi connectivity index (χ2n) is 2.21. The number of carbonyl (C=O) groups is 1. The molecule has 1 heterocycles. The number of hydrogen-bond acceptors (Lipinski definition) is 3. The summed E-state index contributed by atoms with van der Waals surface area (Å²) in [6.45, 7) is 0. The minimum atomic E-state index is -0.218. The summed E-state index contributed by atoms with van der Waals surface area (Å²) in [5.74, 6) is -0.218. The van der Waals surface area contributed by atoms with Gasteiger partial charge in [-0.25, -0.2) is 4.79 Å². The van der Waals surface area contributed by atoms with Crippen molar-refractivity contribution in [2.75, 3.05) is 11.5 Å². The van der Waals surface area contributed by atoms with Crippen LogP contribution in [0.15, 0.2) is 11.4 Å². The molecule has 0 aromatic carbocycles. The van der Waals surface area contributed by atoms with Gasteiger partial charge in [-0.3, -0.25) is 0 Å². The Balaban J connectivity index is 2.83. The van der Waals surface area contributed by atoms with Crippen LogP contribution in [0.3, 0.4) is 0 Å². The molecule has 1 aromatic rings. The molecule has 1 rings (SSSR count). The lowest BCUT2D eigenvalue weighted by Crippen LogP contribution is -2.01. The smallest absolute Gasteiger partial charge is 0.348 e. The van der Waals surface area contributed by atoms with Crippen molar-refractivity contribution < 1.29 is 9.53 Å². The lowest BCUT2D eigenvalue weighted by Gasteiger charge is -1.98. The summed E-state index contributed by atoms with van der Waals surface area (Å²) in [6, 6.07) is 1.98. The molecule has 0 saturated carbocycles. The van der Waals surface area contributed by atoms with Crippen molar-refractivity contribution >= 4 is 39.9 Å². The number of esters is 1. The van der Waals surface area contributed by atoms with Crippen molar-refractivity contribution in [3.8, 4) is 0 Å². The quantitative estimate of drug-likeness (QED) is 0.487. The topological polar surface area (TPSA) is 26.3 Å². The average Bonchev–Trinajstić information content (AvgIpc) is 2.52. The Morgan fingerprint density at radius 1 is 1.75 bits per heavy atom. The van der Waals surface area contributed by atoms with Gasteiger partial charge >= 0.3 is 5.97 Å². The fourth-order valence-electron chi connectivity index (χ4n) is 0.906. The molecule has 4 heteroatoms. The Kier molecular flexibility index (Phi) is 4.00. The number of alkyl halides is 1. The molecule has 0 unspecified atom stereocenters. The first-order valence-electron chi connectivity index (χ1n) is 3.50. The zero-order chi connectivity index (χ0) is 8.97. The van der Waals surface area contributed by atoms with Gasteiger partial charge < -0.3 is 4.74 Å². The fraction of sp³-hybridized carbons (Fsp3) is 0.375. The highest BCUT2D eigenvalue weighted by Crippen LogP contribution is 2.18. The normalized spacial score (nSPS) is 9.83. The summed E-state index contributed by atoms with van der Waals surface area (Å²) in [4.78, 5) is 11.9. The largest absolute Gasteiger partial charge is 0.465 e. The summed E-state index contributed by atoms with van der Waals surface area (Å²) < 4.78 is 5.68. The molecule has 0 spiro atoms. The van der Waals surface area contributed by atoms with Crippen molar-refractivity contribution in [2.24, 2.45) is 0 Å². The molecule has 1 aromatic heterocycles. The summed E-state index contributed by atoms with van der Waals surface area (Å²) >= 11 is 3.74. The molecule has 0 fully saturated rings. The fourth-order valence-corrected chi connectivity index (χ4v) is 2.36. The third-order valence-electron chi connectivity index (χ3n) is 1.48. The van der Waals surface area contributed by atoms with E-state index >= 15 is 0 Å². The number of methoxy groups -OCH3 is 1. The number of carbonyl (C=O) groups excluding carboxylic acids is 1. The van der Waals surface area contributed by atoms with Gasteiger partial charge in [0.2, 0.25) is 0 Å². The van der Waals surface area contributed by atoms with Gasteiger partial charge in [-0.05, 0) is 23.4 Å². The lowest BCUT2D eigenvalue weighted by molar-refractivity contribution is 0.0605. The number of thiophene rings is 1. The Morgan fingerprint density at radius 3 is 3.08 bits per heavy atom. The van der Waals surface area contributed by atoms with Gasteiger partial charge in [-0.2, -0.15) is 0 Å². The molecule has 0 bridgehead atoms. The molecular formula is C8H9IO2S. The molecule has 0 aliphatic heterocycles. The van der Waals surface area contributed by atoms with Crippen molar-refractivity contribution in [3.63, 3.8) is 0 Å². The first-order chi connectivity index (χ1) is 5.79. The Morgan fingerprint density at radius 2 is 2.50 bits per heavy atom. The van der Waals surface area contributed by atoms with Gasteiger partial charge in [-0.1, -0.05) is 22.6 Å². The zero-order valence-electron chi connectivity index (χ0n) is 6.67. The lowest BCUT2D eigenvalue weighted by atomic mass is 10.2. The molecule has 0 atom stereocenters. The van der Waals surface area contributed by atoms with E-state index < -0.39 is 0 Å². The molecule has 12 heavy (non-hydrogen) atoms. The molecule has 66 valence electrons. The second-order valence-corrected chi connectivity index (χ2v) is 4.20. The first-order valence-corrected chi connectivity index (χ1v) is 5.90. The maximum Gasteiger partial charge on any atom is 0.348 e. The highest BCUT2D eigenvalue weighted by Gasteiger charge is 2.11. The summed E-state index contributed by atoms with van der Waals surface area (Å²) in [5, 5.41) is 1.92. The Labute approximate surface area is 89.1 Å². The Hall–Kier alpha value is -0.100. The maximum absolute atomic E-state index is 11.2. The van der Waals surface area contributed by atoms with Gasteiger partial charge in [0.15, 0.2) is 0 Å². The highest BCUT2D eigenvalue weighted by atomic mass is 127. The van der Waals surface area contributed by atoms with Crippen LogP contribution in [-0.2, 0) is 11.2 Å². The Bertz CT molecular complexity index is 270. The number of ether oxygens (including phenoxy) is 1. The molecule has 0 aliphatic carbocycles. The summed E-state index contributed by atoms with van der Waals surface area (Å²) in [6.07, 6.45) is 0.939. The van der Waals surface area contributed by atoms with Crippen molar-refractivity contribution in [2.45, 2.75) is 6.42 Å². The van der Waals surface area contributed by atoms with E-state index in [1.807, 2.05) is 11.4 Å². The van der Waals surface area contributed by atoms with Gasteiger partial charge in [0.1, 0.15) is 4.88 Å². The van der Waals surface area contributed by atoms with Crippen molar-refractivity contribution in [1.82, 2.24) is 0 Å². The molecule has 2 nitrogen and oxygen atoms in total. The maximum atomic E-state index is 11.2. The summed E-state index contributed by atoms with van der Waals surface area (Å²) in [7, 11) is 1.41. The average molecular weight is 296 g/mol. The number of aryl methyl sites for hydroxylation is 1. The molecule has 0 amide bonds. The predicted molar refractivity (Wildman–Crippen MR) is 58.2 cm³/mol. The van der Waals surface area contributed by atoms with E-state index in [9.17, 15) is 4.79 Å². The molecule has 0 saturated heterocycles. The summed E-state index contributed by atoms with van der Waals surface area (Å²) in [5.41, 5.74) is 1.10.